The maximum Gasteiger partial charge on any atom is 0.138 e. The van der Waals surface area contributed by atoms with Crippen LogP contribution in [0.5, 0.6) is 0 Å². The molecule has 4 heteroatoms. The highest BCUT2D eigenvalue weighted by Crippen LogP contribution is 2.27. The molecule has 1 aromatic carbocycles. The van der Waals surface area contributed by atoms with E-state index in [4.69, 9.17) is 0 Å². The quantitative estimate of drug-likeness (QED) is 0.869. The number of rotatable bonds is 4. The highest BCUT2D eigenvalue weighted by molar-refractivity contribution is 5.25. The molecule has 0 bridgehead atoms. The third kappa shape index (κ3) is 3.22. The fourth-order valence-electron chi connectivity index (χ4n) is 3.35. The van der Waals surface area contributed by atoms with Gasteiger partial charge in [-0.15, -0.1) is 0 Å². The molecule has 0 amide bonds. The lowest BCUT2D eigenvalue weighted by Gasteiger charge is -2.35. The Balaban J connectivity index is 1.79. The van der Waals surface area contributed by atoms with Crippen LogP contribution in [0, 0.1) is 6.92 Å². The van der Waals surface area contributed by atoms with Crippen molar-refractivity contribution in [3.63, 3.8) is 0 Å². The van der Waals surface area contributed by atoms with Crippen molar-refractivity contribution in [1.82, 2.24) is 19.7 Å². The number of hydrogen-bond donors (Lipinski definition) is 0. The molecule has 0 radical (unpaired) electrons. The molecule has 1 saturated heterocycles. The summed E-state index contributed by atoms with van der Waals surface area (Å²) in [5.74, 6) is 1.65. The maximum absolute atomic E-state index is 4.58. The Morgan fingerprint density at radius 2 is 2.09 bits per heavy atom. The van der Waals surface area contributed by atoms with Crippen LogP contribution in [0.2, 0.25) is 0 Å². The number of aromatic nitrogens is 3. The van der Waals surface area contributed by atoms with Crippen LogP contribution in [-0.4, -0.2) is 38.8 Å². The zero-order valence-electron chi connectivity index (χ0n) is 13.9. The van der Waals surface area contributed by atoms with E-state index < -0.39 is 0 Å². The molecule has 0 saturated carbocycles. The Bertz CT molecular complexity index is 617. The highest BCUT2D eigenvalue weighted by atomic mass is 15.3. The van der Waals surface area contributed by atoms with Crippen LogP contribution in [0.25, 0.3) is 0 Å². The lowest BCUT2D eigenvalue weighted by molar-refractivity contribution is 0.163. The van der Waals surface area contributed by atoms with Gasteiger partial charge in [0.05, 0.1) is 6.54 Å². The van der Waals surface area contributed by atoms with E-state index in [-0.39, 0.29) is 0 Å². The van der Waals surface area contributed by atoms with E-state index >= 15 is 0 Å². The summed E-state index contributed by atoms with van der Waals surface area (Å²) in [7, 11) is 0. The largest absolute Gasteiger partial charge is 0.300 e. The third-order valence-electron chi connectivity index (χ3n) is 4.78. The van der Waals surface area contributed by atoms with Gasteiger partial charge in [0.2, 0.25) is 0 Å². The monoisotopic (exact) mass is 298 g/mol. The molecule has 4 nitrogen and oxygen atoms in total. The molecule has 0 aliphatic carbocycles. The molecule has 1 atom stereocenters. The fraction of sp³-hybridized carbons (Fsp3) is 0.556. The first-order chi connectivity index (χ1) is 10.6. The molecule has 1 fully saturated rings. The number of hydrogen-bond acceptors (Lipinski definition) is 3. The lowest BCUT2D eigenvalue weighted by atomic mass is 9.96. The first-order valence-electron chi connectivity index (χ1n) is 8.31. The van der Waals surface area contributed by atoms with Gasteiger partial charge in [0.15, 0.2) is 0 Å². The van der Waals surface area contributed by atoms with E-state index in [9.17, 15) is 0 Å². The van der Waals surface area contributed by atoms with Crippen molar-refractivity contribution >= 4 is 0 Å². The first-order valence-corrected chi connectivity index (χ1v) is 8.31. The molecular weight excluding hydrogens is 272 g/mol. The average molecular weight is 298 g/mol. The van der Waals surface area contributed by atoms with Crippen molar-refractivity contribution < 1.29 is 0 Å². The number of likely N-dealkylation sites (tertiary alicyclic amines) is 1. The molecule has 1 aromatic heterocycles. The van der Waals surface area contributed by atoms with Crippen LogP contribution in [0.3, 0.4) is 0 Å². The van der Waals surface area contributed by atoms with Gasteiger partial charge in [-0.2, -0.15) is 5.10 Å². The Morgan fingerprint density at radius 3 is 2.86 bits per heavy atom. The number of piperidine rings is 1. The molecule has 0 unspecified atom stereocenters. The highest BCUT2D eigenvalue weighted by Gasteiger charge is 2.26. The van der Waals surface area contributed by atoms with Crippen LogP contribution in [0.1, 0.15) is 49.6 Å². The average Bonchev–Trinajstić information content (AvgIpc) is 2.98. The van der Waals surface area contributed by atoms with E-state index in [1.54, 1.807) is 6.33 Å². The minimum Gasteiger partial charge on any atom is -0.300 e. The van der Waals surface area contributed by atoms with Gasteiger partial charge in [-0.3, -0.25) is 0 Å². The Hall–Kier alpha value is -1.68. The molecule has 22 heavy (non-hydrogen) atoms. The third-order valence-corrected chi connectivity index (χ3v) is 4.78. The van der Waals surface area contributed by atoms with E-state index in [0.717, 1.165) is 18.9 Å². The van der Waals surface area contributed by atoms with Gasteiger partial charge in [0, 0.05) is 18.5 Å². The number of benzene rings is 1. The molecule has 2 heterocycles. The van der Waals surface area contributed by atoms with Gasteiger partial charge in [0.25, 0.3) is 0 Å². The van der Waals surface area contributed by atoms with E-state index in [2.05, 4.69) is 64.7 Å². The van der Waals surface area contributed by atoms with Crippen molar-refractivity contribution in [1.29, 1.82) is 0 Å². The molecule has 0 N–H and O–H groups in total. The normalized spacial score (nSPS) is 19.7. The number of nitrogens with zero attached hydrogens (tertiary/aromatic N) is 4. The van der Waals surface area contributed by atoms with Gasteiger partial charge in [-0.1, -0.05) is 24.3 Å². The summed E-state index contributed by atoms with van der Waals surface area (Å²) in [4.78, 5) is 7.14. The van der Waals surface area contributed by atoms with Gasteiger partial charge >= 0.3 is 0 Å². The van der Waals surface area contributed by atoms with Crippen LogP contribution in [0.4, 0.5) is 0 Å². The Kier molecular flexibility index (Phi) is 4.57. The Labute approximate surface area is 133 Å². The molecular formula is C18H26N4. The van der Waals surface area contributed by atoms with Crippen LogP contribution < -0.4 is 0 Å². The van der Waals surface area contributed by atoms with E-state index in [1.807, 2.05) is 0 Å². The molecule has 1 aliphatic heterocycles. The SMILES string of the molecule is Cc1ccccc1Cn1ncnc1[C@H]1CCCN(C(C)C)C1. The van der Waals surface area contributed by atoms with Gasteiger partial charge in [-0.25, -0.2) is 9.67 Å². The first kappa shape index (κ1) is 15.2. The number of aryl methyl sites for hydroxylation is 1. The smallest absolute Gasteiger partial charge is 0.138 e. The summed E-state index contributed by atoms with van der Waals surface area (Å²) < 4.78 is 2.09. The summed E-state index contributed by atoms with van der Waals surface area (Å²) in [6.45, 7) is 9.85. The Morgan fingerprint density at radius 1 is 1.27 bits per heavy atom. The second-order valence-electron chi connectivity index (χ2n) is 6.63. The van der Waals surface area contributed by atoms with Crippen molar-refractivity contribution in [2.45, 2.75) is 52.1 Å². The zero-order chi connectivity index (χ0) is 15.5. The minimum atomic E-state index is 0.502. The topological polar surface area (TPSA) is 34.0 Å². The second-order valence-corrected chi connectivity index (χ2v) is 6.63. The molecule has 2 aromatic rings. The standard InChI is InChI=1S/C18H26N4/c1-14(2)21-10-6-9-17(11-21)18-19-13-20-22(18)12-16-8-5-4-7-15(16)3/h4-5,7-8,13-14,17H,6,9-12H2,1-3H3/t17-/m0/s1. The van der Waals surface area contributed by atoms with Crippen LogP contribution >= 0.6 is 0 Å². The van der Waals surface area contributed by atoms with Crippen LogP contribution in [0.15, 0.2) is 30.6 Å². The fourth-order valence-corrected chi connectivity index (χ4v) is 3.35. The summed E-state index contributed by atoms with van der Waals surface area (Å²) in [6.07, 6.45) is 4.18. The lowest BCUT2D eigenvalue weighted by Crippen LogP contribution is -2.39. The van der Waals surface area contributed by atoms with Gasteiger partial charge < -0.3 is 4.90 Å². The summed E-state index contributed by atoms with van der Waals surface area (Å²) in [5, 5.41) is 4.48. The second kappa shape index (κ2) is 6.61. The summed E-state index contributed by atoms with van der Waals surface area (Å²) in [5.41, 5.74) is 2.64. The van der Waals surface area contributed by atoms with Crippen LogP contribution in [-0.2, 0) is 6.54 Å². The predicted octanol–water partition coefficient (Wildman–Crippen LogP) is 3.22. The predicted molar refractivity (Wildman–Crippen MR) is 89.0 cm³/mol. The van der Waals surface area contributed by atoms with E-state index in [0.29, 0.717) is 12.0 Å². The molecule has 3 rings (SSSR count). The maximum atomic E-state index is 4.58. The molecule has 118 valence electrons. The van der Waals surface area contributed by atoms with E-state index in [1.165, 1.54) is 30.5 Å². The minimum absolute atomic E-state index is 0.502. The summed E-state index contributed by atoms with van der Waals surface area (Å²) >= 11 is 0. The molecule has 1 aliphatic rings. The zero-order valence-corrected chi connectivity index (χ0v) is 13.9. The van der Waals surface area contributed by atoms with Crippen molar-refractivity contribution in [2.24, 2.45) is 0 Å². The van der Waals surface area contributed by atoms with Crippen molar-refractivity contribution in [3.8, 4) is 0 Å². The van der Waals surface area contributed by atoms with Crippen molar-refractivity contribution in [2.75, 3.05) is 13.1 Å². The molecule has 0 spiro atoms. The summed E-state index contributed by atoms with van der Waals surface area (Å²) in [6, 6.07) is 9.13. The van der Waals surface area contributed by atoms with Crippen molar-refractivity contribution in [3.05, 3.63) is 47.5 Å². The van der Waals surface area contributed by atoms with Gasteiger partial charge in [-0.05, 0) is 51.3 Å². The van der Waals surface area contributed by atoms with Gasteiger partial charge in [0.1, 0.15) is 12.2 Å².